The zero-order chi connectivity index (χ0) is 15.4. The molecule has 0 radical (unpaired) electrons. The van der Waals surface area contributed by atoms with Crippen molar-refractivity contribution in [3.63, 3.8) is 0 Å². The molecule has 0 unspecified atom stereocenters. The molecule has 0 nitrogen and oxygen atoms in total. The summed E-state index contributed by atoms with van der Waals surface area (Å²) in [6, 6.07) is 32.1. The molecule has 0 fully saturated rings. The molecule has 0 bridgehead atoms. The van der Waals surface area contributed by atoms with Gasteiger partial charge in [0, 0.05) is 0 Å². The van der Waals surface area contributed by atoms with E-state index >= 15 is 0 Å². The first kappa shape index (κ1) is 15.1. The van der Waals surface area contributed by atoms with Crippen LogP contribution in [0.3, 0.4) is 0 Å². The van der Waals surface area contributed by atoms with E-state index < -0.39 is 14.7 Å². The summed E-state index contributed by atoms with van der Waals surface area (Å²) in [6.07, 6.45) is 0. The van der Waals surface area contributed by atoms with Gasteiger partial charge in [-0.2, -0.15) is 0 Å². The zero-order valence-electron chi connectivity index (χ0n) is 13.0. The van der Waals surface area contributed by atoms with Gasteiger partial charge in [-0.25, -0.2) is 0 Å². The molecule has 0 saturated heterocycles. The molecule has 0 aromatic heterocycles. The third-order valence-corrected chi connectivity index (χ3v) is 8.77. The molecule has 0 aliphatic carbocycles. The normalized spacial score (nSPS) is 11.1. The van der Waals surface area contributed by atoms with Crippen LogP contribution in [0.25, 0.3) is 0 Å². The molecule has 3 aromatic carbocycles. The summed E-state index contributed by atoms with van der Waals surface area (Å²) >= 11 is -1.50. The summed E-state index contributed by atoms with van der Waals surface area (Å²) in [5, 5.41) is 0. The molecule has 22 heavy (non-hydrogen) atoms. The van der Waals surface area contributed by atoms with E-state index in [1.54, 1.807) is 0 Å². The monoisotopic (exact) mass is 347 g/mol. The number of hydrogen-bond donors (Lipinski definition) is 0. The zero-order valence-corrected chi connectivity index (χ0v) is 14.9. The average Bonchev–Trinajstić information content (AvgIpc) is 2.57. The second-order valence-corrected chi connectivity index (χ2v) is 10.3. The Bertz CT molecular complexity index is 660. The maximum absolute atomic E-state index is 3.58. The number of benzene rings is 3. The Morgan fingerprint density at radius 2 is 1.27 bits per heavy atom. The summed E-state index contributed by atoms with van der Waals surface area (Å²) in [6.45, 7) is 4.46. The third kappa shape index (κ3) is 3.34. The predicted octanol–water partition coefficient (Wildman–Crippen LogP) is 3.13. The van der Waals surface area contributed by atoms with Crippen molar-refractivity contribution in [3.05, 3.63) is 90.5 Å². The molecule has 0 heterocycles. The van der Waals surface area contributed by atoms with Crippen LogP contribution in [0.15, 0.2) is 78.9 Å². The van der Waals surface area contributed by atoms with Crippen LogP contribution in [-0.2, 0) is 0 Å². The fourth-order valence-corrected chi connectivity index (χ4v) is 7.15. The van der Waals surface area contributed by atoms with Crippen LogP contribution >= 0.6 is 0 Å². The standard InChI is InChI=1S/C21H20As/c1-17(2)18-13-15-21(16-14-18)22(19-9-5-3-6-10-19)20-11-7-4-8-12-20/h3-15,17H,1-2H3/q-1. The Morgan fingerprint density at radius 3 is 1.68 bits per heavy atom. The van der Waals surface area contributed by atoms with Gasteiger partial charge in [0.25, 0.3) is 0 Å². The molecule has 0 aliphatic rings. The van der Waals surface area contributed by atoms with E-state index in [2.05, 4.69) is 98.8 Å². The van der Waals surface area contributed by atoms with Gasteiger partial charge in [0.1, 0.15) is 0 Å². The second kappa shape index (κ2) is 6.99. The molecule has 1 heteroatoms. The van der Waals surface area contributed by atoms with Gasteiger partial charge in [-0.3, -0.25) is 0 Å². The van der Waals surface area contributed by atoms with Gasteiger partial charge in [-0.15, -0.1) is 0 Å². The first-order valence-corrected chi connectivity index (χ1v) is 10.5. The third-order valence-electron chi connectivity index (χ3n) is 3.76. The molecule has 3 rings (SSSR count). The minimum absolute atomic E-state index is 0.555. The first-order chi connectivity index (χ1) is 10.8. The van der Waals surface area contributed by atoms with Gasteiger partial charge >= 0.3 is 138 Å². The Kier molecular flexibility index (Phi) is 4.80. The van der Waals surface area contributed by atoms with E-state index in [0.717, 1.165) is 0 Å². The molecule has 0 atom stereocenters. The van der Waals surface area contributed by atoms with Gasteiger partial charge in [0.05, 0.1) is 0 Å². The van der Waals surface area contributed by atoms with Crippen LogP contribution < -0.4 is 13.1 Å². The Balaban J connectivity index is 2.06. The topological polar surface area (TPSA) is 0 Å². The van der Waals surface area contributed by atoms with Crippen LogP contribution in [0.1, 0.15) is 25.3 Å². The van der Waals surface area contributed by atoms with Crippen molar-refractivity contribution in [1.82, 2.24) is 0 Å². The Morgan fingerprint density at radius 1 is 0.727 bits per heavy atom. The summed E-state index contributed by atoms with van der Waals surface area (Å²) in [7, 11) is 0. The molecule has 0 spiro atoms. The fraction of sp³-hybridized carbons (Fsp3) is 0.143. The number of hydrogen-bond acceptors (Lipinski definition) is 0. The van der Waals surface area contributed by atoms with E-state index in [9.17, 15) is 0 Å². The van der Waals surface area contributed by atoms with Crippen molar-refractivity contribution in [2.75, 3.05) is 0 Å². The molecule has 0 N–H and O–H groups in total. The van der Waals surface area contributed by atoms with E-state index in [-0.39, 0.29) is 0 Å². The van der Waals surface area contributed by atoms with Crippen LogP contribution in [-0.4, -0.2) is 14.7 Å². The van der Waals surface area contributed by atoms with Crippen LogP contribution in [0.2, 0.25) is 0 Å². The van der Waals surface area contributed by atoms with Crippen molar-refractivity contribution < 1.29 is 0 Å². The average molecular weight is 347 g/mol. The first-order valence-electron chi connectivity index (χ1n) is 7.67. The van der Waals surface area contributed by atoms with E-state index in [1.807, 2.05) is 0 Å². The van der Waals surface area contributed by atoms with Gasteiger partial charge < -0.3 is 0 Å². The van der Waals surface area contributed by atoms with Gasteiger partial charge in [-0.1, -0.05) is 0 Å². The van der Waals surface area contributed by atoms with E-state index in [4.69, 9.17) is 0 Å². The van der Waals surface area contributed by atoms with E-state index in [1.165, 1.54) is 18.6 Å². The van der Waals surface area contributed by atoms with Gasteiger partial charge in [0.2, 0.25) is 0 Å². The van der Waals surface area contributed by atoms with Crippen molar-refractivity contribution in [3.8, 4) is 0 Å². The molecule has 3 aromatic rings. The van der Waals surface area contributed by atoms with Gasteiger partial charge in [0.15, 0.2) is 0 Å². The van der Waals surface area contributed by atoms with Crippen LogP contribution in [0, 0.1) is 6.07 Å². The van der Waals surface area contributed by atoms with E-state index in [0.29, 0.717) is 5.92 Å². The summed E-state index contributed by atoms with van der Waals surface area (Å²) in [5.74, 6) is 0.555. The molecule has 110 valence electrons. The summed E-state index contributed by atoms with van der Waals surface area (Å²) < 4.78 is 4.28. The maximum atomic E-state index is 3.58. The quantitative estimate of drug-likeness (QED) is 0.503. The minimum atomic E-state index is -1.50. The van der Waals surface area contributed by atoms with Crippen molar-refractivity contribution in [2.45, 2.75) is 19.8 Å². The predicted molar refractivity (Wildman–Crippen MR) is 96.9 cm³/mol. The summed E-state index contributed by atoms with van der Waals surface area (Å²) in [5.41, 5.74) is 1.36. The Hall–Kier alpha value is -1.78. The van der Waals surface area contributed by atoms with Crippen molar-refractivity contribution in [1.29, 1.82) is 0 Å². The molecule has 0 amide bonds. The van der Waals surface area contributed by atoms with Crippen molar-refractivity contribution >= 4 is 27.7 Å². The molecule has 0 saturated carbocycles. The fourth-order valence-electron chi connectivity index (χ4n) is 2.51. The Labute approximate surface area is 138 Å². The molecular weight excluding hydrogens is 327 g/mol. The summed E-state index contributed by atoms with van der Waals surface area (Å²) in [4.78, 5) is 0. The molecule has 0 aliphatic heterocycles. The van der Waals surface area contributed by atoms with Crippen molar-refractivity contribution in [2.24, 2.45) is 0 Å². The van der Waals surface area contributed by atoms with Gasteiger partial charge in [-0.05, 0) is 0 Å². The number of rotatable bonds is 4. The van der Waals surface area contributed by atoms with Crippen LogP contribution in [0.5, 0.6) is 0 Å². The van der Waals surface area contributed by atoms with Crippen LogP contribution in [0.4, 0.5) is 0 Å². The molecular formula is C21H20As-. The SMILES string of the molecule is CC(C)c1c[c-]c([As](c2ccccc2)c2ccccc2)cc1. The second-order valence-electron chi connectivity index (χ2n) is 5.67.